The zero-order chi connectivity index (χ0) is 19.6. The first kappa shape index (κ1) is 19.4. The van der Waals surface area contributed by atoms with Crippen LogP contribution in [0.4, 0.5) is 5.00 Å². The Kier molecular flexibility index (Phi) is 5.57. The molecule has 1 unspecified atom stereocenters. The molecule has 1 aliphatic carbocycles. The van der Waals surface area contributed by atoms with Crippen molar-refractivity contribution >= 4 is 22.2 Å². The van der Waals surface area contributed by atoms with Gasteiger partial charge in [-0.1, -0.05) is 26.8 Å². The molecule has 1 amide bonds. The number of carbonyl (C=O) groups excluding carboxylic acids is 1. The van der Waals surface area contributed by atoms with Crippen molar-refractivity contribution in [3.05, 3.63) is 45.8 Å². The number of fused-ring (bicyclic) bond motifs is 1. The molecule has 0 bridgehead atoms. The number of nitrogens with zero attached hydrogens (tertiary/aromatic N) is 1. The second kappa shape index (κ2) is 7.74. The fourth-order valence-electron chi connectivity index (χ4n) is 3.60. The van der Waals surface area contributed by atoms with Crippen LogP contribution in [-0.4, -0.2) is 12.5 Å². The molecule has 142 valence electrons. The minimum absolute atomic E-state index is 0.209. The standard InChI is InChI=1S/C22H26N2O2S/c1-5-26-16-8-6-7-14(11-16)20(25)24-21-18(13-23)17-10-9-15(22(2,3)4)12-19(17)27-21/h6-8,11,15H,5,9-10,12H2,1-4H3,(H,24,25). The highest BCUT2D eigenvalue weighted by atomic mass is 32.1. The van der Waals surface area contributed by atoms with Crippen molar-refractivity contribution in [2.24, 2.45) is 11.3 Å². The third-order valence-corrected chi connectivity index (χ3v) is 6.41. The second-order valence-corrected chi connectivity index (χ2v) is 9.15. The van der Waals surface area contributed by atoms with Gasteiger partial charge in [-0.25, -0.2) is 0 Å². The van der Waals surface area contributed by atoms with Crippen LogP contribution in [0.5, 0.6) is 5.75 Å². The molecule has 1 atom stereocenters. The molecule has 1 aromatic carbocycles. The maximum Gasteiger partial charge on any atom is 0.256 e. The molecule has 2 aromatic rings. The third kappa shape index (κ3) is 4.17. The van der Waals surface area contributed by atoms with Crippen molar-refractivity contribution in [1.29, 1.82) is 5.26 Å². The number of benzene rings is 1. The maximum atomic E-state index is 12.7. The number of hydrogen-bond donors (Lipinski definition) is 1. The van der Waals surface area contributed by atoms with E-state index in [-0.39, 0.29) is 11.3 Å². The predicted molar refractivity (Wildman–Crippen MR) is 110 cm³/mol. The number of rotatable bonds is 4. The number of ether oxygens (including phenoxy) is 1. The van der Waals surface area contributed by atoms with Crippen LogP contribution < -0.4 is 10.1 Å². The van der Waals surface area contributed by atoms with E-state index in [1.807, 2.05) is 13.0 Å². The Morgan fingerprint density at radius 2 is 2.19 bits per heavy atom. The Bertz CT molecular complexity index is 887. The summed E-state index contributed by atoms with van der Waals surface area (Å²) >= 11 is 1.56. The fraction of sp³-hybridized carbons (Fsp3) is 0.455. The number of nitrogens with one attached hydrogen (secondary N) is 1. The van der Waals surface area contributed by atoms with Crippen molar-refractivity contribution in [3.8, 4) is 11.8 Å². The van der Waals surface area contributed by atoms with Crippen molar-refractivity contribution < 1.29 is 9.53 Å². The summed E-state index contributed by atoms with van der Waals surface area (Å²) in [5, 5.41) is 13.3. The quantitative estimate of drug-likeness (QED) is 0.768. The lowest BCUT2D eigenvalue weighted by Crippen LogP contribution is -2.26. The van der Waals surface area contributed by atoms with Crippen molar-refractivity contribution in [1.82, 2.24) is 0 Å². The van der Waals surface area contributed by atoms with E-state index in [1.165, 1.54) is 4.88 Å². The number of anilines is 1. The van der Waals surface area contributed by atoms with E-state index in [0.717, 1.165) is 24.8 Å². The maximum absolute atomic E-state index is 12.7. The predicted octanol–water partition coefficient (Wildman–Crippen LogP) is 5.42. The zero-order valence-corrected chi connectivity index (χ0v) is 17.2. The van der Waals surface area contributed by atoms with E-state index in [1.54, 1.807) is 29.5 Å². The van der Waals surface area contributed by atoms with Gasteiger partial charge in [0.2, 0.25) is 0 Å². The average Bonchev–Trinajstić information content (AvgIpc) is 2.97. The van der Waals surface area contributed by atoms with Gasteiger partial charge in [-0.05, 0) is 61.3 Å². The number of nitriles is 1. The molecule has 0 fully saturated rings. The van der Waals surface area contributed by atoms with Gasteiger partial charge >= 0.3 is 0 Å². The highest BCUT2D eigenvalue weighted by Crippen LogP contribution is 2.44. The van der Waals surface area contributed by atoms with Crippen molar-refractivity contribution in [2.75, 3.05) is 11.9 Å². The highest BCUT2D eigenvalue weighted by Gasteiger charge is 2.32. The fourth-order valence-corrected chi connectivity index (χ4v) is 4.87. The normalized spacial score (nSPS) is 16.3. The third-order valence-electron chi connectivity index (χ3n) is 5.24. The van der Waals surface area contributed by atoms with Gasteiger partial charge in [-0.15, -0.1) is 11.3 Å². The average molecular weight is 383 g/mol. The molecule has 1 aliphatic rings. The van der Waals surface area contributed by atoms with Crippen LogP contribution in [0.25, 0.3) is 0 Å². The van der Waals surface area contributed by atoms with Gasteiger partial charge in [-0.2, -0.15) is 5.26 Å². The molecule has 1 N–H and O–H groups in total. The minimum Gasteiger partial charge on any atom is -0.494 e. The van der Waals surface area contributed by atoms with E-state index in [2.05, 4.69) is 32.2 Å². The van der Waals surface area contributed by atoms with Gasteiger partial charge in [0.05, 0.1) is 12.2 Å². The summed E-state index contributed by atoms with van der Waals surface area (Å²) < 4.78 is 5.47. The Morgan fingerprint density at radius 1 is 1.41 bits per heavy atom. The molecule has 0 aliphatic heterocycles. The molecule has 0 saturated heterocycles. The van der Waals surface area contributed by atoms with E-state index in [0.29, 0.717) is 34.4 Å². The monoisotopic (exact) mass is 382 g/mol. The van der Waals surface area contributed by atoms with Crippen LogP contribution in [0.2, 0.25) is 0 Å². The van der Waals surface area contributed by atoms with E-state index >= 15 is 0 Å². The van der Waals surface area contributed by atoms with Gasteiger partial charge < -0.3 is 10.1 Å². The largest absolute Gasteiger partial charge is 0.494 e. The molecule has 5 heteroatoms. The van der Waals surface area contributed by atoms with Gasteiger partial charge in [-0.3, -0.25) is 4.79 Å². The molecular weight excluding hydrogens is 356 g/mol. The van der Waals surface area contributed by atoms with Crippen LogP contribution in [0, 0.1) is 22.7 Å². The van der Waals surface area contributed by atoms with E-state index in [4.69, 9.17) is 4.74 Å². The Morgan fingerprint density at radius 3 is 2.85 bits per heavy atom. The van der Waals surface area contributed by atoms with Crippen LogP contribution in [0.1, 0.15) is 60.5 Å². The molecule has 0 radical (unpaired) electrons. The van der Waals surface area contributed by atoms with Crippen molar-refractivity contribution in [3.63, 3.8) is 0 Å². The molecule has 27 heavy (non-hydrogen) atoms. The van der Waals surface area contributed by atoms with Crippen LogP contribution >= 0.6 is 11.3 Å². The summed E-state index contributed by atoms with van der Waals surface area (Å²) in [4.78, 5) is 14.0. The van der Waals surface area contributed by atoms with Gasteiger partial charge in [0, 0.05) is 10.4 Å². The Hall–Kier alpha value is -2.32. The van der Waals surface area contributed by atoms with E-state index < -0.39 is 0 Å². The lowest BCUT2D eigenvalue weighted by Gasteiger charge is -2.33. The summed E-state index contributed by atoms with van der Waals surface area (Å²) in [5.74, 6) is 1.06. The molecule has 0 spiro atoms. The molecule has 1 aromatic heterocycles. The second-order valence-electron chi connectivity index (χ2n) is 8.04. The first-order valence-corrected chi connectivity index (χ1v) is 10.2. The summed E-state index contributed by atoms with van der Waals surface area (Å²) in [7, 11) is 0. The Labute approximate surface area is 165 Å². The topological polar surface area (TPSA) is 62.1 Å². The molecule has 4 nitrogen and oxygen atoms in total. The number of carbonyl (C=O) groups is 1. The lowest BCUT2D eigenvalue weighted by atomic mass is 9.72. The molecule has 0 saturated carbocycles. The first-order valence-electron chi connectivity index (χ1n) is 9.42. The molecule has 3 rings (SSSR count). The van der Waals surface area contributed by atoms with Gasteiger partial charge in [0.1, 0.15) is 16.8 Å². The van der Waals surface area contributed by atoms with Crippen LogP contribution in [0.15, 0.2) is 24.3 Å². The SMILES string of the molecule is CCOc1cccc(C(=O)Nc2sc3c(c2C#N)CCC(C(C)(C)C)C3)c1. The number of amides is 1. The van der Waals surface area contributed by atoms with Gasteiger partial charge in [0.15, 0.2) is 0 Å². The van der Waals surface area contributed by atoms with Crippen molar-refractivity contribution in [2.45, 2.75) is 47.0 Å². The first-order chi connectivity index (χ1) is 12.8. The summed E-state index contributed by atoms with van der Waals surface area (Å²) in [6.07, 6.45) is 2.98. The number of thiophene rings is 1. The molecule has 1 heterocycles. The van der Waals surface area contributed by atoms with Crippen LogP contribution in [-0.2, 0) is 12.8 Å². The smallest absolute Gasteiger partial charge is 0.256 e. The summed E-state index contributed by atoms with van der Waals surface area (Å²) in [6.45, 7) is 9.28. The number of hydrogen-bond acceptors (Lipinski definition) is 4. The highest BCUT2D eigenvalue weighted by molar-refractivity contribution is 7.16. The Balaban J connectivity index is 1.84. The summed E-state index contributed by atoms with van der Waals surface area (Å²) in [5.41, 5.74) is 2.54. The van der Waals surface area contributed by atoms with Crippen LogP contribution in [0.3, 0.4) is 0 Å². The lowest BCUT2D eigenvalue weighted by molar-refractivity contribution is 0.102. The van der Waals surface area contributed by atoms with Gasteiger partial charge in [0.25, 0.3) is 5.91 Å². The zero-order valence-electron chi connectivity index (χ0n) is 16.4. The summed E-state index contributed by atoms with van der Waals surface area (Å²) in [6, 6.07) is 9.44. The minimum atomic E-state index is -0.209. The van der Waals surface area contributed by atoms with E-state index in [9.17, 15) is 10.1 Å². The molecular formula is C22H26N2O2S.